The lowest BCUT2D eigenvalue weighted by Crippen LogP contribution is -2.42. The predicted molar refractivity (Wildman–Crippen MR) is 99.1 cm³/mol. The van der Waals surface area contributed by atoms with Gasteiger partial charge in [0.15, 0.2) is 0 Å². The second-order valence-corrected chi connectivity index (χ2v) is 6.97. The molecule has 0 spiro atoms. The Morgan fingerprint density at radius 1 is 1.12 bits per heavy atom. The molecule has 1 unspecified atom stereocenters. The Morgan fingerprint density at radius 3 is 2.52 bits per heavy atom. The van der Waals surface area contributed by atoms with Gasteiger partial charge in [-0.3, -0.25) is 4.79 Å². The van der Waals surface area contributed by atoms with Crippen LogP contribution in [0.1, 0.15) is 22.0 Å². The van der Waals surface area contributed by atoms with Gasteiger partial charge in [-0.05, 0) is 42.0 Å². The second kappa shape index (κ2) is 7.83. The van der Waals surface area contributed by atoms with Crippen LogP contribution in [0.3, 0.4) is 0 Å². The number of halogens is 3. The van der Waals surface area contributed by atoms with Gasteiger partial charge in [0, 0.05) is 21.6 Å². The molecule has 25 heavy (non-hydrogen) atoms. The fourth-order valence-corrected chi connectivity index (χ4v) is 3.53. The Kier molecular flexibility index (Phi) is 5.74. The summed E-state index contributed by atoms with van der Waals surface area (Å²) < 4.78 is 11.1. The van der Waals surface area contributed by atoms with E-state index in [9.17, 15) is 4.79 Å². The molecule has 7 heteroatoms. The van der Waals surface area contributed by atoms with Crippen LogP contribution in [0.25, 0.3) is 0 Å². The van der Waals surface area contributed by atoms with Crippen molar-refractivity contribution in [3.05, 3.63) is 62.6 Å². The van der Waals surface area contributed by atoms with E-state index in [4.69, 9.17) is 44.3 Å². The fourth-order valence-electron chi connectivity index (χ4n) is 2.81. The smallest absolute Gasteiger partial charge is 0.257 e. The van der Waals surface area contributed by atoms with Gasteiger partial charge in [-0.15, -0.1) is 0 Å². The van der Waals surface area contributed by atoms with Crippen molar-refractivity contribution in [2.75, 3.05) is 26.8 Å². The molecule has 1 aliphatic rings. The summed E-state index contributed by atoms with van der Waals surface area (Å²) in [5.74, 6) is 0.337. The minimum atomic E-state index is -0.293. The topological polar surface area (TPSA) is 38.8 Å². The number of carbonyl (C=O) groups excluding carboxylic acids is 1. The molecule has 2 aromatic carbocycles. The van der Waals surface area contributed by atoms with Crippen LogP contribution in [0, 0.1) is 0 Å². The molecule has 1 aliphatic heterocycles. The number of hydrogen-bond donors (Lipinski definition) is 0. The zero-order valence-corrected chi connectivity index (χ0v) is 15.7. The third-order valence-corrected chi connectivity index (χ3v) is 4.67. The van der Waals surface area contributed by atoms with Gasteiger partial charge in [0.05, 0.1) is 25.8 Å². The van der Waals surface area contributed by atoms with Crippen molar-refractivity contribution in [3.8, 4) is 5.75 Å². The minimum absolute atomic E-state index is 0.152. The minimum Gasteiger partial charge on any atom is -0.496 e. The molecule has 132 valence electrons. The second-order valence-electron chi connectivity index (χ2n) is 5.66. The van der Waals surface area contributed by atoms with Gasteiger partial charge in [-0.1, -0.05) is 34.8 Å². The molecule has 1 atom stereocenters. The van der Waals surface area contributed by atoms with Gasteiger partial charge in [0.1, 0.15) is 11.9 Å². The lowest BCUT2D eigenvalue weighted by molar-refractivity contribution is -0.0229. The maximum Gasteiger partial charge on any atom is 0.257 e. The molecule has 4 nitrogen and oxygen atoms in total. The molecule has 1 heterocycles. The number of hydrogen-bond acceptors (Lipinski definition) is 3. The normalized spacial score (nSPS) is 17.4. The third kappa shape index (κ3) is 4.21. The van der Waals surface area contributed by atoms with E-state index in [0.29, 0.717) is 46.1 Å². The first-order valence-electron chi connectivity index (χ1n) is 7.68. The van der Waals surface area contributed by atoms with Crippen LogP contribution >= 0.6 is 34.8 Å². The number of methoxy groups -OCH3 is 1. The van der Waals surface area contributed by atoms with Crippen LogP contribution in [0.4, 0.5) is 0 Å². The van der Waals surface area contributed by atoms with Crippen molar-refractivity contribution >= 4 is 40.7 Å². The molecule has 1 saturated heterocycles. The lowest BCUT2D eigenvalue weighted by atomic mass is 10.1. The van der Waals surface area contributed by atoms with Gasteiger partial charge in [-0.25, -0.2) is 0 Å². The van der Waals surface area contributed by atoms with Crippen molar-refractivity contribution in [2.24, 2.45) is 0 Å². The fraction of sp³-hybridized carbons (Fsp3) is 0.278. The Hall–Kier alpha value is -1.46. The van der Waals surface area contributed by atoms with E-state index in [1.54, 1.807) is 41.3 Å². The Bertz CT molecular complexity index is 777. The SMILES string of the molecule is COc1ccc(Cl)cc1C(=O)N1CCOC(c2cc(Cl)cc(Cl)c2)C1. The summed E-state index contributed by atoms with van der Waals surface area (Å²) in [5.41, 5.74) is 1.27. The number of ether oxygens (including phenoxy) is 2. The number of carbonyl (C=O) groups is 1. The highest BCUT2D eigenvalue weighted by molar-refractivity contribution is 6.34. The maximum absolute atomic E-state index is 12.9. The highest BCUT2D eigenvalue weighted by atomic mass is 35.5. The molecule has 1 fully saturated rings. The van der Waals surface area contributed by atoms with E-state index in [1.165, 1.54) is 7.11 Å². The van der Waals surface area contributed by atoms with Crippen LogP contribution in [-0.4, -0.2) is 37.6 Å². The predicted octanol–water partition coefficient (Wildman–Crippen LogP) is 4.87. The van der Waals surface area contributed by atoms with Gasteiger partial charge in [0.25, 0.3) is 5.91 Å². The first kappa shape index (κ1) is 18.3. The van der Waals surface area contributed by atoms with E-state index in [0.717, 1.165) is 5.56 Å². The Labute approximate surface area is 161 Å². The van der Waals surface area contributed by atoms with Crippen LogP contribution in [0.5, 0.6) is 5.75 Å². The summed E-state index contributed by atoms with van der Waals surface area (Å²) in [7, 11) is 1.52. The number of rotatable bonds is 3. The largest absolute Gasteiger partial charge is 0.496 e. The summed E-state index contributed by atoms with van der Waals surface area (Å²) >= 11 is 18.2. The van der Waals surface area contributed by atoms with E-state index in [-0.39, 0.29) is 12.0 Å². The average Bonchev–Trinajstić information content (AvgIpc) is 2.60. The van der Waals surface area contributed by atoms with Gasteiger partial charge in [-0.2, -0.15) is 0 Å². The van der Waals surface area contributed by atoms with Crippen molar-refractivity contribution in [2.45, 2.75) is 6.10 Å². The molecule has 2 aromatic rings. The molecule has 0 radical (unpaired) electrons. The van der Waals surface area contributed by atoms with E-state index in [1.807, 2.05) is 0 Å². The quantitative estimate of drug-likeness (QED) is 0.738. The monoisotopic (exact) mass is 399 g/mol. The average molecular weight is 401 g/mol. The molecule has 3 rings (SSSR count). The van der Waals surface area contributed by atoms with E-state index >= 15 is 0 Å². The molecule has 0 aliphatic carbocycles. The van der Waals surface area contributed by atoms with Crippen molar-refractivity contribution in [3.63, 3.8) is 0 Å². The first-order valence-corrected chi connectivity index (χ1v) is 8.81. The number of amides is 1. The molecule has 0 bridgehead atoms. The van der Waals surface area contributed by atoms with Crippen molar-refractivity contribution in [1.29, 1.82) is 0 Å². The number of morpholine rings is 1. The first-order chi connectivity index (χ1) is 12.0. The van der Waals surface area contributed by atoms with E-state index in [2.05, 4.69) is 0 Å². The van der Waals surface area contributed by atoms with Crippen molar-refractivity contribution in [1.82, 2.24) is 4.90 Å². The standard InChI is InChI=1S/C18H16Cl3NO3/c1-24-16-3-2-12(19)9-15(16)18(23)22-4-5-25-17(10-22)11-6-13(20)8-14(21)7-11/h2-3,6-9,17H,4-5,10H2,1H3. The van der Waals surface area contributed by atoms with Crippen LogP contribution < -0.4 is 4.74 Å². The molecule has 0 N–H and O–H groups in total. The van der Waals surface area contributed by atoms with Crippen LogP contribution in [-0.2, 0) is 4.74 Å². The highest BCUT2D eigenvalue weighted by Crippen LogP contribution is 2.30. The summed E-state index contributed by atoms with van der Waals surface area (Å²) in [6, 6.07) is 10.2. The third-order valence-electron chi connectivity index (χ3n) is 4.00. The summed E-state index contributed by atoms with van der Waals surface area (Å²) in [5, 5.41) is 1.55. The molecular formula is C18H16Cl3NO3. The van der Waals surface area contributed by atoms with Gasteiger partial charge < -0.3 is 14.4 Å². The van der Waals surface area contributed by atoms with Crippen LogP contribution in [0.2, 0.25) is 15.1 Å². The summed E-state index contributed by atoms with van der Waals surface area (Å²) in [4.78, 5) is 14.6. The summed E-state index contributed by atoms with van der Waals surface area (Å²) in [6.45, 7) is 1.30. The molecule has 0 saturated carbocycles. The molecule has 1 amide bonds. The number of benzene rings is 2. The van der Waals surface area contributed by atoms with Crippen LogP contribution in [0.15, 0.2) is 36.4 Å². The highest BCUT2D eigenvalue weighted by Gasteiger charge is 2.28. The molecule has 0 aromatic heterocycles. The summed E-state index contributed by atoms with van der Waals surface area (Å²) in [6.07, 6.45) is -0.293. The Balaban J connectivity index is 1.84. The molecular weight excluding hydrogens is 385 g/mol. The zero-order valence-electron chi connectivity index (χ0n) is 13.5. The van der Waals surface area contributed by atoms with Gasteiger partial charge >= 0.3 is 0 Å². The van der Waals surface area contributed by atoms with Gasteiger partial charge in [0.2, 0.25) is 0 Å². The van der Waals surface area contributed by atoms with E-state index < -0.39 is 0 Å². The van der Waals surface area contributed by atoms with Crippen molar-refractivity contribution < 1.29 is 14.3 Å². The number of nitrogens with zero attached hydrogens (tertiary/aromatic N) is 1. The maximum atomic E-state index is 12.9. The zero-order chi connectivity index (χ0) is 18.0. The lowest BCUT2D eigenvalue weighted by Gasteiger charge is -2.33. The Morgan fingerprint density at radius 2 is 1.84 bits per heavy atom.